The predicted molar refractivity (Wildman–Crippen MR) is 121 cm³/mol. The molecular formula is C27H29NO2. The minimum absolute atomic E-state index is 0.219. The summed E-state index contributed by atoms with van der Waals surface area (Å²) in [5.41, 5.74) is 3.37. The molecule has 1 aliphatic rings. The molecule has 1 heterocycles. The molecule has 1 atom stereocenters. The Balaban J connectivity index is 1.44. The van der Waals surface area contributed by atoms with Gasteiger partial charge < -0.3 is 9.30 Å². The van der Waals surface area contributed by atoms with Crippen molar-refractivity contribution in [3.05, 3.63) is 71.9 Å². The van der Waals surface area contributed by atoms with Gasteiger partial charge in [0, 0.05) is 29.6 Å². The number of para-hydroxylation sites is 1. The van der Waals surface area contributed by atoms with Gasteiger partial charge in [-0.15, -0.1) is 0 Å². The van der Waals surface area contributed by atoms with Crippen molar-refractivity contribution in [1.29, 1.82) is 0 Å². The highest BCUT2D eigenvalue weighted by Gasteiger charge is 2.15. The van der Waals surface area contributed by atoms with Crippen LogP contribution in [-0.4, -0.2) is 16.6 Å². The molecule has 0 spiro atoms. The van der Waals surface area contributed by atoms with Crippen molar-refractivity contribution >= 4 is 16.9 Å². The van der Waals surface area contributed by atoms with Gasteiger partial charge in [0.25, 0.3) is 0 Å². The van der Waals surface area contributed by atoms with Crippen LogP contribution in [-0.2, 0) is 22.5 Å². The van der Waals surface area contributed by atoms with Gasteiger partial charge in [-0.2, -0.15) is 0 Å². The Morgan fingerprint density at radius 2 is 1.80 bits per heavy atom. The van der Waals surface area contributed by atoms with Crippen LogP contribution in [0.1, 0.15) is 50.2 Å². The number of esters is 1. The Labute approximate surface area is 179 Å². The maximum Gasteiger partial charge on any atom is 0.311 e. The first-order valence-electron chi connectivity index (χ1n) is 11.0. The third-order valence-electron chi connectivity index (χ3n) is 5.81. The molecule has 1 unspecified atom stereocenters. The Morgan fingerprint density at radius 1 is 1.07 bits per heavy atom. The monoisotopic (exact) mass is 399 g/mol. The van der Waals surface area contributed by atoms with Crippen LogP contribution in [0.15, 0.2) is 60.8 Å². The van der Waals surface area contributed by atoms with Crippen molar-refractivity contribution in [2.24, 2.45) is 5.92 Å². The van der Waals surface area contributed by atoms with Crippen molar-refractivity contribution < 1.29 is 9.53 Å². The highest BCUT2D eigenvalue weighted by Crippen LogP contribution is 2.24. The zero-order valence-electron chi connectivity index (χ0n) is 17.6. The second kappa shape index (κ2) is 9.67. The summed E-state index contributed by atoms with van der Waals surface area (Å²) in [6, 6.07) is 18.6. The number of aromatic nitrogens is 1. The second-order valence-corrected chi connectivity index (χ2v) is 8.22. The van der Waals surface area contributed by atoms with E-state index in [2.05, 4.69) is 59.0 Å². The second-order valence-electron chi connectivity index (χ2n) is 8.22. The number of hydrogen-bond acceptors (Lipinski definition) is 2. The standard InChI is InChI=1S/C27H29NO2/c1-21(16-17-22-10-4-2-5-11-22)30-27(29)18-24-20-28(19-23-12-6-3-7-13-23)26-15-9-8-14-25(24)26/h3,6-9,12-15,20-22H,2,4-5,10-11,18-19H2,1H3. The summed E-state index contributed by atoms with van der Waals surface area (Å²) in [7, 11) is 0. The summed E-state index contributed by atoms with van der Waals surface area (Å²) in [6.45, 7) is 2.64. The number of ether oxygens (including phenoxy) is 1. The molecule has 3 aromatic rings. The van der Waals surface area contributed by atoms with Crippen molar-refractivity contribution in [3.8, 4) is 11.8 Å². The highest BCUT2D eigenvalue weighted by molar-refractivity contribution is 5.88. The van der Waals surface area contributed by atoms with E-state index in [9.17, 15) is 4.79 Å². The summed E-state index contributed by atoms with van der Waals surface area (Å²) in [5.74, 6) is 6.72. The zero-order chi connectivity index (χ0) is 20.8. The predicted octanol–water partition coefficient (Wildman–Crippen LogP) is 5.75. The van der Waals surface area contributed by atoms with Crippen LogP contribution >= 0.6 is 0 Å². The van der Waals surface area contributed by atoms with Gasteiger partial charge >= 0.3 is 5.97 Å². The Hall–Kier alpha value is -2.99. The number of carbonyl (C=O) groups excluding carboxylic acids is 1. The van der Waals surface area contributed by atoms with Crippen LogP contribution in [0.25, 0.3) is 10.9 Å². The molecular weight excluding hydrogens is 370 g/mol. The summed E-state index contributed by atoms with van der Waals surface area (Å²) in [4.78, 5) is 12.6. The van der Waals surface area contributed by atoms with E-state index >= 15 is 0 Å². The molecule has 1 aromatic heterocycles. The molecule has 30 heavy (non-hydrogen) atoms. The van der Waals surface area contributed by atoms with Gasteiger partial charge in [0.1, 0.15) is 0 Å². The smallest absolute Gasteiger partial charge is 0.311 e. The van der Waals surface area contributed by atoms with E-state index in [1.807, 2.05) is 25.1 Å². The van der Waals surface area contributed by atoms with E-state index in [0.29, 0.717) is 5.92 Å². The largest absolute Gasteiger partial charge is 0.449 e. The van der Waals surface area contributed by atoms with E-state index in [1.54, 1.807) is 0 Å². The lowest BCUT2D eigenvalue weighted by atomic mass is 9.90. The number of hydrogen-bond donors (Lipinski definition) is 0. The quantitative estimate of drug-likeness (QED) is 0.404. The number of benzene rings is 2. The van der Waals surface area contributed by atoms with E-state index in [-0.39, 0.29) is 18.5 Å². The number of rotatable bonds is 5. The molecule has 0 bridgehead atoms. The van der Waals surface area contributed by atoms with Crippen molar-refractivity contribution in [1.82, 2.24) is 4.57 Å². The molecule has 2 aromatic carbocycles. The van der Waals surface area contributed by atoms with Crippen LogP contribution in [0.5, 0.6) is 0 Å². The van der Waals surface area contributed by atoms with Crippen molar-refractivity contribution in [2.45, 2.75) is 58.1 Å². The fourth-order valence-corrected chi connectivity index (χ4v) is 4.28. The first-order chi connectivity index (χ1) is 14.7. The highest BCUT2D eigenvalue weighted by atomic mass is 16.5. The summed E-state index contributed by atoms with van der Waals surface area (Å²) in [5, 5.41) is 1.10. The Kier molecular flexibility index (Phi) is 6.54. The van der Waals surface area contributed by atoms with Gasteiger partial charge in [0.2, 0.25) is 0 Å². The molecule has 1 saturated carbocycles. The fraction of sp³-hybridized carbons (Fsp3) is 0.370. The lowest BCUT2D eigenvalue weighted by Gasteiger charge is -2.16. The molecule has 0 N–H and O–H groups in total. The summed E-state index contributed by atoms with van der Waals surface area (Å²) in [6.07, 6.45) is 8.18. The van der Waals surface area contributed by atoms with E-state index in [4.69, 9.17) is 4.74 Å². The van der Waals surface area contributed by atoms with Crippen LogP contribution in [0.2, 0.25) is 0 Å². The maximum absolute atomic E-state index is 12.6. The maximum atomic E-state index is 12.6. The number of carbonyl (C=O) groups is 1. The fourth-order valence-electron chi connectivity index (χ4n) is 4.28. The third kappa shape index (κ3) is 5.13. The van der Waals surface area contributed by atoms with E-state index < -0.39 is 0 Å². The lowest BCUT2D eigenvalue weighted by Crippen LogP contribution is -2.15. The Bertz CT molecular complexity index is 1050. The molecule has 4 rings (SSSR count). The van der Waals surface area contributed by atoms with Crippen LogP contribution in [0.3, 0.4) is 0 Å². The Morgan fingerprint density at radius 3 is 2.60 bits per heavy atom. The molecule has 154 valence electrons. The molecule has 0 radical (unpaired) electrons. The van der Waals surface area contributed by atoms with Gasteiger partial charge in [0.15, 0.2) is 6.10 Å². The first kappa shape index (κ1) is 20.3. The zero-order valence-corrected chi connectivity index (χ0v) is 17.6. The molecule has 1 fully saturated rings. The number of nitrogens with zero attached hydrogens (tertiary/aromatic N) is 1. The van der Waals surface area contributed by atoms with E-state index in [0.717, 1.165) is 23.0 Å². The molecule has 3 heteroatoms. The van der Waals surface area contributed by atoms with Gasteiger partial charge in [-0.05, 0) is 37.0 Å². The van der Waals surface area contributed by atoms with Crippen LogP contribution < -0.4 is 0 Å². The molecule has 0 amide bonds. The van der Waals surface area contributed by atoms with Gasteiger partial charge in [0.05, 0.1) is 6.42 Å². The normalized spacial score (nSPS) is 15.4. The van der Waals surface area contributed by atoms with Gasteiger partial charge in [-0.3, -0.25) is 4.79 Å². The molecule has 0 aliphatic heterocycles. The minimum atomic E-state index is -0.364. The van der Waals surface area contributed by atoms with Crippen molar-refractivity contribution in [2.75, 3.05) is 0 Å². The first-order valence-corrected chi connectivity index (χ1v) is 11.0. The summed E-state index contributed by atoms with van der Waals surface area (Å²) >= 11 is 0. The number of fused-ring (bicyclic) bond motifs is 1. The summed E-state index contributed by atoms with van der Waals surface area (Å²) < 4.78 is 7.81. The SMILES string of the molecule is CC(C#CC1CCCCC1)OC(=O)Cc1cn(Cc2ccccc2)c2ccccc12. The molecule has 1 aliphatic carbocycles. The van der Waals surface area contributed by atoms with Gasteiger partial charge in [-0.25, -0.2) is 0 Å². The van der Waals surface area contributed by atoms with Crippen LogP contribution in [0, 0.1) is 17.8 Å². The molecule has 0 saturated heterocycles. The topological polar surface area (TPSA) is 31.2 Å². The molecule has 3 nitrogen and oxygen atoms in total. The average Bonchev–Trinajstić information content (AvgIpc) is 3.11. The van der Waals surface area contributed by atoms with E-state index in [1.165, 1.54) is 37.7 Å². The average molecular weight is 400 g/mol. The van der Waals surface area contributed by atoms with Crippen LogP contribution in [0.4, 0.5) is 0 Å². The lowest BCUT2D eigenvalue weighted by molar-refractivity contribution is -0.144. The van der Waals surface area contributed by atoms with Crippen molar-refractivity contribution in [3.63, 3.8) is 0 Å². The third-order valence-corrected chi connectivity index (χ3v) is 5.81. The van der Waals surface area contributed by atoms with Gasteiger partial charge in [-0.1, -0.05) is 79.6 Å². The minimum Gasteiger partial charge on any atom is -0.449 e.